The summed E-state index contributed by atoms with van der Waals surface area (Å²) < 4.78 is 11.4. The third kappa shape index (κ3) is 2.52. The van der Waals surface area contributed by atoms with Crippen molar-refractivity contribution in [1.82, 2.24) is 4.90 Å². The molecule has 4 nitrogen and oxygen atoms in total. The maximum Gasteiger partial charge on any atom is 0.254 e. The van der Waals surface area contributed by atoms with Gasteiger partial charge in [0.15, 0.2) is 11.5 Å². The van der Waals surface area contributed by atoms with Gasteiger partial charge in [-0.05, 0) is 55.7 Å². The lowest BCUT2D eigenvalue weighted by Gasteiger charge is -2.36. The summed E-state index contributed by atoms with van der Waals surface area (Å²) in [6.45, 7) is 5.99. The minimum atomic E-state index is 0.0255. The number of fused-ring (bicyclic) bond motifs is 2. The summed E-state index contributed by atoms with van der Waals surface area (Å²) in [6, 6.07) is 11.9. The van der Waals surface area contributed by atoms with Gasteiger partial charge in [-0.15, -0.1) is 0 Å². The zero-order valence-corrected chi connectivity index (χ0v) is 14.0. The molecule has 2 aliphatic rings. The number of ether oxygens (including phenoxy) is 2. The fraction of sp³-hybridized carbons (Fsp3) is 0.350. The van der Waals surface area contributed by atoms with E-state index in [1.54, 1.807) is 0 Å². The topological polar surface area (TPSA) is 38.8 Å². The summed E-state index contributed by atoms with van der Waals surface area (Å²) in [4.78, 5) is 14.9. The molecule has 4 rings (SSSR count). The van der Waals surface area contributed by atoms with Crippen molar-refractivity contribution in [1.29, 1.82) is 0 Å². The van der Waals surface area contributed by atoms with Crippen LogP contribution in [0.5, 0.6) is 11.5 Å². The van der Waals surface area contributed by atoms with Gasteiger partial charge in [-0.3, -0.25) is 4.79 Å². The standard InChI is InChI=1S/C20H21NO3/c1-13-4-3-5-16(10-13)20(22)21-7-6-15-11-18-19(24-9-8-23-18)12-17(15)14(21)2/h3-5,10-12,14H,6-9H2,1-2H3. The predicted octanol–water partition coefficient (Wildman–Crippen LogP) is 3.53. The molecule has 1 unspecified atom stereocenters. The maximum absolute atomic E-state index is 12.9. The van der Waals surface area contributed by atoms with Gasteiger partial charge >= 0.3 is 0 Å². The summed E-state index contributed by atoms with van der Waals surface area (Å²) in [5, 5.41) is 0. The van der Waals surface area contributed by atoms with Crippen LogP contribution in [0.4, 0.5) is 0 Å². The fourth-order valence-electron chi connectivity index (χ4n) is 3.58. The molecular weight excluding hydrogens is 302 g/mol. The number of aryl methyl sites for hydroxylation is 1. The van der Waals surface area contributed by atoms with Crippen LogP contribution in [0.3, 0.4) is 0 Å². The number of rotatable bonds is 1. The Bertz CT molecular complexity index is 799. The Hall–Kier alpha value is -2.49. The van der Waals surface area contributed by atoms with Gasteiger partial charge in [-0.1, -0.05) is 17.7 Å². The Balaban J connectivity index is 1.66. The smallest absolute Gasteiger partial charge is 0.254 e. The van der Waals surface area contributed by atoms with Gasteiger partial charge in [-0.2, -0.15) is 0 Å². The van der Waals surface area contributed by atoms with Crippen LogP contribution in [0.2, 0.25) is 0 Å². The lowest BCUT2D eigenvalue weighted by molar-refractivity contribution is 0.0676. The lowest BCUT2D eigenvalue weighted by atomic mass is 9.92. The first-order chi connectivity index (χ1) is 11.6. The molecule has 24 heavy (non-hydrogen) atoms. The van der Waals surface area contributed by atoms with Gasteiger partial charge in [-0.25, -0.2) is 0 Å². The number of amides is 1. The van der Waals surface area contributed by atoms with Crippen molar-refractivity contribution in [2.75, 3.05) is 19.8 Å². The van der Waals surface area contributed by atoms with Crippen molar-refractivity contribution in [3.8, 4) is 11.5 Å². The zero-order valence-electron chi connectivity index (χ0n) is 14.0. The highest BCUT2D eigenvalue weighted by molar-refractivity contribution is 5.94. The van der Waals surface area contributed by atoms with Gasteiger partial charge < -0.3 is 14.4 Å². The second-order valence-electron chi connectivity index (χ2n) is 6.49. The average Bonchev–Trinajstić information content (AvgIpc) is 2.60. The average molecular weight is 323 g/mol. The van der Waals surface area contributed by atoms with E-state index in [-0.39, 0.29) is 11.9 Å². The Labute approximate surface area is 142 Å². The highest BCUT2D eigenvalue weighted by atomic mass is 16.6. The largest absolute Gasteiger partial charge is 0.486 e. The zero-order chi connectivity index (χ0) is 16.7. The van der Waals surface area contributed by atoms with Crippen molar-refractivity contribution < 1.29 is 14.3 Å². The van der Waals surface area contributed by atoms with Crippen LogP contribution in [0.1, 0.15) is 40.0 Å². The highest BCUT2D eigenvalue weighted by Gasteiger charge is 2.30. The highest BCUT2D eigenvalue weighted by Crippen LogP contribution is 2.39. The van der Waals surface area contributed by atoms with Crippen LogP contribution in [-0.4, -0.2) is 30.6 Å². The predicted molar refractivity (Wildman–Crippen MR) is 91.8 cm³/mol. The van der Waals surface area contributed by atoms with E-state index in [9.17, 15) is 4.79 Å². The molecule has 124 valence electrons. The number of carbonyl (C=O) groups is 1. The number of carbonyl (C=O) groups excluding carboxylic acids is 1. The van der Waals surface area contributed by atoms with E-state index in [1.807, 2.05) is 42.2 Å². The molecule has 1 atom stereocenters. The molecular formula is C20H21NO3. The van der Waals surface area contributed by atoms with Crippen LogP contribution < -0.4 is 9.47 Å². The van der Waals surface area contributed by atoms with E-state index in [0.717, 1.165) is 41.2 Å². The van der Waals surface area contributed by atoms with Crippen molar-refractivity contribution >= 4 is 5.91 Å². The van der Waals surface area contributed by atoms with E-state index in [2.05, 4.69) is 13.0 Å². The molecule has 0 aliphatic carbocycles. The lowest BCUT2D eigenvalue weighted by Crippen LogP contribution is -2.39. The molecule has 0 radical (unpaired) electrons. The molecule has 0 bridgehead atoms. The van der Waals surface area contributed by atoms with Gasteiger partial charge in [0, 0.05) is 12.1 Å². The van der Waals surface area contributed by atoms with E-state index in [1.165, 1.54) is 5.56 Å². The molecule has 0 spiro atoms. The molecule has 0 fully saturated rings. The molecule has 0 N–H and O–H groups in total. The fourth-order valence-corrected chi connectivity index (χ4v) is 3.58. The monoisotopic (exact) mass is 323 g/mol. The minimum Gasteiger partial charge on any atom is -0.486 e. The van der Waals surface area contributed by atoms with Crippen molar-refractivity contribution in [3.63, 3.8) is 0 Å². The second kappa shape index (κ2) is 5.86. The number of hydrogen-bond donors (Lipinski definition) is 0. The molecule has 2 aromatic carbocycles. The normalized spacial score (nSPS) is 18.9. The van der Waals surface area contributed by atoms with Gasteiger partial charge in [0.05, 0.1) is 6.04 Å². The van der Waals surface area contributed by atoms with E-state index >= 15 is 0 Å². The Morgan fingerprint density at radius 3 is 2.62 bits per heavy atom. The number of nitrogens with zero attached hydrogens (tertiary/aromatic N) is 1. The Morgan fingerprint density at radius 2 is 1.88 bits per heavy atom. The first kappa shape index (κ1) is 15.1. The first-order valence-electron chi connectivity index (χ1n) is 8.43. The van der Waals surface area contributed by atoms with Crippen LogP contribution >= 0.6 is 0 Å². The van der Waals surface area contributed by atoms with Gasteiger partial charge in [0.1, 0.15) is 13.2 Å². The SMILES string of the molecule is Cc1cccc(C(=O)N2CCc3cc4c(cc3C2C)OCCO4)c1. The Kier molecular flexibility index (Phi) is 3.68. The van der Waals surface area contributed by atoms with E-state index in [4.69, 9.17) is 9.47 Å². The summed E-state index contributed by atoms with van der Waals surface area (Å²) in [7, 11) is 0. The van der Waals surface area contributed by atoms with E-state index in [0.29, 0.717) is 13.2 Å². The number of hydrogen-bond acceptors (Lipinski definition) is 3. The number of benzene rings is 2. The summed E-state index contributed by atoms with van der Waals surface area (Å²) in [5.41, 5.74) is 4.26. The molecule has 0 aromatic heterocycles. The first-order valence-corrected chi connectivity index (χ1v) is 8.43. The molecule has 2 aromatic rings. The maximum atomic E-state index is 12.9. The molecule has 0 saturated carbocycles. The van der Waals surface area contributed by atoms with Gasteiger partial charge in [0.25, 0.3) is 5.91 Å². The summed E-state index contributed by atoms with van der Waals surface area (Å²) in [6.07, 6.45) is 0.841. The molecule has 1 amide bonds. The molecule has 2 heterocycles. The van der Waals surface area contributed by atoms with Gasteiger partial charge in [0.2, 0.25) is 0 Å². The Morgan fingerprint density at radius 1 is 1.12 bits per heavy atom. The van der Waals surface area contributed by atoms with E-state index < -0.39 is 0 Å². The summed E-state index contributed by atoms with van der Waals surface area (Å²) in [5.74, 6) is 1.70. The minimum absolute atomic E-state index is 0.0255. The second-order valence-corrected chi connectivity index (χ2v) is 6.49. The van der Waals surface area contributed by atoms with Crippen molar-refractivity contribution in [2.45, 2.75) is 26.3 Å². The van der Waals surface area contributed by atoms with Crippen LogP contribution in [-0.2, 0) is 6.42 Å². The van der Waals surface area contributed by atoms with Crippen LogP contribution in [0.25, 0.3) is 0 Å². The summed E-state index contributed by atoms with van der Waals surface area (Å²) >= 11 is 0. The van der Waals surface area contributed by atoms with Crippen molar-refractivity contribution in [2.24, 2.45) is 0 Å². The molecule has 2 aliphatic heterocycles. The molecule has 4 heteroatoms. The van der Waals surface area contributed by atoms with Crippen LogP contribution in [0, 0.1) is 6.92 Å². The quantitative estimate of drug-likeness (QED) is 0.806. The molecule has 0 saturated heterocycles. The third-order valence-electron chi connectivity index (χ3n) is 4.87. The third-order valence-corrected chi connectivity index (χ3v) is 4.87. The van der Waals surface area contributed by atoms with Crippen molar-refractivity contribution in [3.05, 3.63) is 58.7 Å². The van der Waals surface area contributed by atoms with Crippen LogP contribution in [0.15, 0.2) is 36.4 Å².